The molecule has 2 N–H and O–H groups in total. The smallest absolute Gasteiger partial charge is 0.223 e. The van der Waals surface area contributed by atoms with Crippen molar-refractivity contribution in [1.29, 1.82) is 0 Å². The van der Waals surface area contributed by atoms with E-state index in [0.717, 1.165) is 48.6 Å². The molecule has 5 nitrogen and oxygen atoms in total. The Morgan fingerprint density at radius 1 is 1.26 bits per heavy atom. The van der Waals surface area contributed by atoms with Gasteiger partial charge in [-0.1, -0.05) is 18.5 Å². The van der Waals surface area contributed by atoms with Crippen LogP contribution in [0.25, 0.3) is 10.9 Å². The van der Waals surface area contributed by atoms with E-state index < -0.39 is 0 Å². The molecule has 0 aromatic carbocycles. The predicted octanol–water partition coefficient (Wildman–Crippen LogP) is 3.91. The Labute approximate surface area is 141 Å². The van der Waals surface area contributed by atoms with Crippen LogP contribution < -0.4 is 5.32 Å². The number of nitrogens with zero attached hydrogens (tertiary/aromatic N) is 3. The zero-order valence-corrected chi connectivity index (χ0v) is 14.3. The number of halogens is 1. The van der Waals surface area contributed by atoms with E-state index in [1.54, 1.807) is 6.20 Å². The van der Waals surface area contributed by atoms with Gasteiger partial charge in [-0.2, -0.15) is 0 Å². The second kappa shape index (κ2) is 6.97. The second-order valence-electron chi connectivity index (χ2n) is 6.42. The molecule has 1 aliphatic carbocycles. The van der Waals surface area contributed by atoms with Gasteiger partial charge in [0.2, 0.25) is 5.95 Å². The van der Waals surface area contributed by atoms with Crippen molar-refractivity contribution in [2.75, 3.05) is 5.32 Å². The summed E-state index contributed by atoms with van der Waals surface area (Å²) < 4.78 is 0. The van der Waals surface area contributed by atoms with Gasteiger partial charge in [0.1, 0.15) is 5.15 Å². The number of pyridine rings is 1. The third-order valence-corrected chi connectivity index (χ3v) is 5.03. The summed E-state index contributed by atoms with van der Waals surface area (Å²) >= 11 is 6.22. The number of hydrogen-bond donors (Lipinski definition) is 2. The number of fused-ring (bicyclic) bond motifs is 1. The molecule has 0 saturated heterocycles. The lowest BCUT2D eigenvalue weighted by Gasteiger charge is -2.26. The van der Waals surface area contributed by atoms with Crippen LogP contribution in [0.5, 0.6) is 0 Å². The Morgan fingerprint density at radius 3 is 2.70 bits per heavy atom. The lowest BCUT2D eigenvalue weighted by molar-refractivity contribution is 0.122. The first-order valence-electron chi connectivity index (χ1n) is 8.34. The van der Waals surface area contributed by atoms with Gasteiger partial charge in [-0.05, 0) is 44.9 Å². The zero-order chi connectivity index (χ0) is 16.4. The van der Waals surface area contributed by atoms with E-state index in [-0.39, 0.29) is 6.10 Å². The molecule has 3 rings (SSSR count). The summed E-state index contributed by atoms with van der Waals surface area (Å²) in [5.41, 5.74) is 2.00. The van der Waals surface area contributed by atoms with Gasteiger partial charge >= 0.3 is 0 Å². The molecule has 23 heavy (non-hydrogen) atoms. The summed E-state index contributed by atoms with van der Waals surface area (Å²) in [4.78, 5) is 13.4. The topological polar surface area (TPSA) is 70.9 Å². The average Bonchev–Trinajstić information content (AvgIpc) is 2.56. The highest BCUT2D eigenvalue weighted by atomic mass is 35.5. The van der Waals surface area contributed by atoms with E-state index in [0.29, 0.717) is 23.1 Å². The van der Waals surface area contributed by atoms with Crippen LogP contribution in [-0.4, -0.2) is 32.2 Å². The number of hydrogen-bond acceptors (Lipinski definition) is 5. The molecule has 0 amide bonds. The Hall–Kier alpha value is -1.46. The molecule has 0 bridgehead atoms. The largest absolute Gasteiger partial charge is 0.393 e. The van der Waals surface area contributed by atoms with Gasteiger partial charge in [0, 0.05) is 24.0 Å². The van der Waals surface area contributed by atoms with Crippen molar-refractivity contribution in [3.63, 3.8) is 0 Å². The molecular weight excluding hydrogens is 312 g/mol. The fourth-order valence-electron chi connectivity index (χ4n) is 3.09. The Bertz CT molecular complexity index is 686. The molecule has 1 atom stereocenters. The van der Waals surface area contributed by atoms with Crippen LogP contribution in [-0.2, 0) is 0 Å². The van der Waals surface area contributed by atoms with Gasteiger partial charge in [-0.15, -0.1) is 0 Å². The summed E-state index contributed by atoms with van der Waals surface area (Å²) in [6.45, 7) is 4.23. The van der Waals surface area contributed by atoms with Gasteiger partial charge in [0.15, 0.2) is 0 Å². The highest BCUT2D eigenvalue weighted by Crippen LogP contribution is 2.36. The molecule has 0 spiro atoms. The zero-order valence-electron chi connectivity index (χ0n) is 13.6. The Balaban J connectivity index is 1.99. The number of aliphatic hydroxyl groups excluding tert-OH is 1. The minimum atomic E-state index is -0.171. The van der Waals surface area contributed by atoms with E-state index in [1.807, 2.05) is 6.20 Å². The molecule has 0 unspecified atom stereocenters. The van der Waals surface area contributed by atoms with E-state index in [9.17, 15) is 5.11 Å². The number of aliphatic hydroxyl groups is 1. The molecule has 2 aromatic rings. The third-order valence-electron chi connectivity index (χ3n) is 4.73. The van der Waals surface area contributed by atoms with E-state index in [4.69, 9.17) is 16.6 Å². The lowest BCUT2D eigenvalue weighted by Crippen LogP contribution is -2.18. The summed E-state index contributed by atoms with van der Waals surface area (Å²) in [6.07, 6.45) is 8.00. The van der Waals surface area contributed by atoms with Crippen LogP contribution >= 0.6 is 11.6 Å². The summed E-state index contributed by atoms with van der Waals surface area (Å²) in [5, 5.41) is 14.3. The van der Waals surface area contributed by atoms with Crippen molar-refractivity contribution in [3.8, 4) is 0 Å². The first kappa shape index (κ1) is 16.4. The lowest BCUT2D eigenvalue weighted by atomic mass is 9.83. The van der Waals surface area contributed by atoms with Crippen LogP contribution in [0.3, 0.4) is 0 Å². The average molecular weight is 335 g/mol. The van der Waals surface area contributed by atoms with Crippen LogP contribution in [0.1, 0.15) is 57.4 Å². The van der Waals surface area contributed by atoms with Crippen molar-refractivity contribution in [1.82, 2.24) is 15.0 Å². The number of rotatable bonds is 4. The van der Waals surface area contributed by atoms with Crippen LogP contribution in [0.2, 0.25) is 5.15 Å². The predicted molar refractivity (Wildman–Crippen MR) is 92.9 cm³/mol. The molecule has 1 fully saturated rings. The molecule has 0 aliphatic heterocycles. The standard InChI is InChI=1S/C17H23ClN4O/c1-3-10(2)21-17-20-9-14-15(22-17)13(8-19-16(14)18)11-4-6-12(23)7-5-11/h8-12,23H,3-7H2,1-2H3,(H,20,21,22)/t10-,11-,12-/m0/s1. The van der Waals surface area contributed by atoms with Crippen LogP contribution in [0.4, 0.5) is 5.95 Å². The number of nitrogens with one attached hydrogen (secondary N) is 1. The van der Waals surface area contributed by atoms with Crippen molar-refractivity contribution < 1.29 is 5.11 Å². The van der Waals surface area contributed by atoms with Crippen molar-refractivity contribution in [2.45, 2.75) is 64.0 Å². The molecule has 124 valence electrons. The highest BCUT2D eigenvalue weighted by Gasteiger charge is 2.24. The maximum atomic E-state index is 9.73. The van der Waals surface area contributed by atoms with Gasteiger partial charge < -0.3 is 10.4 Å². The summed E-state index contributed by atoms with van der Waals surface area (Å²) in [7, 11) is 0. The molecule has 1 saturated carbocycles. The van der Waals surface area contributed by atoms with Crippen LogP contribution in [0.15, 0.2) is 12.4 Å². The third kappa shape index (κ3) is 3.56. The van der Waals surface area contributed by atoms with Gasteiger partial charge in [-0.3, -0.25) is 0 Å². The van der Waals surface area contributed by atoms with Crippen molar-refractivity contribution in [3.05, 3.63) is 23.1 Å². The molecule has 6 heteroatoms. The van der Waals surface area contributed by atoms with Gasteiger partial charge in [0.05, 0.1) is 17.0 Å². The molecule has 2 heterocycles. The highest BCUT2D eigenvalue weighted by molar-refractivity contribution is 6.34. The Kier molecular flexibility index (Phi) is 4.97. The number of anilines is 1. The number of aromatic nitrogens is 3. The fourth-order valence-corrected chi connectivity index (χ4v) is 3.27. The first-order chi connectivity index (χ1) is 11.1. The first-order valence-corrected chi connectivity index (χ1v) is 8.72. The van der Waals surface area contributed by atoms with Gasteiger partial charge in [0.25, 0.3) is 0 Å². The SMILES string of the molecule is CC[C@H](C)Nc1ncc2c(Cl)ncc([C@H]3CC[C@H](O)CC3)c2n1. The quantitative estimate of drug-likeness (QED) is 0.829. The summed E-state index contributed by atoms with van der Waals surface area (Å²) in [5.74, 6) is 1.00. The van der Waals surface area contributed by atoms with E-state index in [2.05, 4.69) is 29.1 Å². The van der Waals surface area contributed by atoms with Crippen LogP contribution in [0, 0.1) is 0 Å². The molecule has 0 radical (unpaired) electrons. The molecule has 2 aromatic heterocycles. The second-order valence-corrected chi connectivity index (χ2v) is 6.78. The van der Waals surface area contributed by atoms with E-state index >= 15 is 0 Å². The Morgan fingerprint density at radius 2 is 2.00 bits per heavy atom. The molecule has 1 aliphatic rings. The fraction of sp³-hybridized carbons (Fsp3) is 0.588. The maximum Gasteiger partial charge on any atom is 0.223 e. The van der Waals surface area contributed by atoms with Crippen molar-refractivity contribution in [2.24, 2.45) is 0 Å². The van der Waals surface area contributed by atoms with Gasteiger partial charge in [-0.25, -0.2) is 15.0 Å². The normalized spacial score (nSPS) is 23.0. The minimum Gasteiger partial charge on any atom is -0.393 e. The minimum absolute atomic E-state index is 0.171. The summed E-state index contributed by atoms with van der Waals surface area (Å²) in [6, 6.07) is 0.318. The molecular formula is C17H23ClN4O. The maximum absolute atomic E-state index is 9.73. The van der Waals surface area contributed by atoms with E-state index in [1.165, 1.54) is 0 Å². The monoisotopic (exact) mass is 334 g/mol. The van der Waals surface area contributed by atoms with Crippen molar-refractivity contribution >= 4 is 28.5 Å².